The van der Waals surface area contributed by atoms with E-state index >= 15 is 0 Å². The van der Waals surface area contributed by atoms with E-state index in [1.54, 1.807) is 0 Å². The lowest BCUT2D eigenvalue weighted by Gasteiger charge is -2.14. The van der Waals surface area contributed by atoms with Gasteiger partial charge in [0.2, 0.25) is 11.7 Å². The van der Waals surface area contributed by atoms with Crippen LogP contribution in [0.2, 0.25) is 0 Å². The highest BCUT2D eigenvalue weighted by Crippen LogP contribution is 2.32. The quantitative estimate of drug-likeness (QED) is 0.724. The van der Waals surface area contributed by atoms with Crippen LogP contribution in [-0.2, 0) is 0 Å². The Bertz CT molecular complexity index is 886. The summed E-state index contributed by atoms with van der Waals surface area (Å²) in [6.07, 6.45) is 1.45. The number of nitrogens with zero attached hydrogens (tertiary/aromatic N) is 3. The Kier molecular flexibility index (Phi) is 2.93. The number of fused-ring (bicyclic) bond motifs is 1. The molecule has 3 aromatic rings. The third-order valence-electron chi connectivity index (χ3n) is 3.32. The van der Waals surface area contributed by atoms with Crippen molar-refractivity contribution in [3.63, 3.8) is 0 Å². The average Bonchev–Trinajstić information content (AvgIpc) is 3.19. The zero-order chi connectivity index (χ0) is 15.1. The number of aromatic nitrogens is 2. The topological polar surface area (TPSA) is 68.3 Å². The Morgan fingerprint density at radius 1 is 1.27 bits per heavy atom. The molecule has 7 heteroatoms. The van der Waals surface area contributed by atoms with Crippen LogP contribution in [0.4, 0.5) is 10.1 Å². The molecule has 1 aliphatic heterocycles. The van der Waals surface area contributed by atoms with Crippen LogP contribution in [0, 0.1) is 5.82 Å². The molecule has 108 valence electrons. The van der Waals surface area contributed by atoms with Gasteiger partial charge in [-0.1, -0.05) is 11.2 Å². The fourth-order valence-corrected chi connectivity index (χ4v) is 2.90. The minimum atomic E-state index is -0.782. The maximum Gasteiger partial charge on any atom is 0.243 e. The molecule has 4 rings (SSSR count). The summed E-state index contributed by atoms with van der Waals surface area (Å²) in [6.45, 7) is 0. The number of benzene rings is 1. The number of ketones is 1. The largest absolute Gasteiger partial charge is 0.338 e. The number of hydrogen-bond acceptors (Lipinski definition) is 6. The second-order valence-electron chi connectivity index (χ2n) is 4.72. The molecule has 5 nitrogen and oxygen atoms in total. The van der Waals surface area contributed by atoms with Crippen LogP contribution in [0.3, 0.4) is 0 Å². The monoisotopic (exact) mass is 313 g/mol. The first-order valence-corrected chi connectivity index (χ1v) is 7.36. The molecule has 0 fully saturated rings. The maximum absolute atomic E-state index is 13.3. The predicted molar refractivity (Wildman–Crippen MR) is 79.2 cm³/mol. The fraction of sp³-hybridized carbons (Fsp3) is 0.0667. The second kappa shape index (κ2) is 4.96. The van der Waals surface area contributed by atoms with E-state index in [-0.39, 0.29) is 17.2 Å². The normalized spacial score (nSPS) is 16.8. The molecule has 0 N–H and O–H groups in total. The van der Waals surface area contributed by atoms with Crippen molar-refractivity contribution in [1.29, 1.82) is 0 Å². The van der Waals surface area contributed by atoms with E-state index in [0.717, 1.165) is 4.88 Å². The van der Waals surface area contributed by atoms with Crippen LogP contribution >= 0.6 is 11.3 Å². The number of Topliss-reactive ketones (excluding diaryl/α,β-unsaturated/α-hetero) is 1. The van der Waals surface area contributed by atoms with Gasteiger partial charge in [-0.05, 0) is 29.6 Å². The van der Waals surface area contributed by atoms with Gasteiger partial charge in [-0.15, -0.1) is 11.3 Å². The summed E-state index contributed by atoms with van der Waals surface area (Å²) in [5.74, 6) is -0.975. The Hall–Kier alpha value is -2.67. The SMILES string of the molecule is O=C1c2cc(F)ccc2N=CC1c1nc(-c2cccs2)no1. The minimum absolute atomic E-state index is 0.159. The fourth-order valence-electron chi connectivity index (χ4n) is 2.25. The summed E-state index contributed by atoms with van der Waals surface area (Å²) in [5.41, 5.74) is 0.670. The van der Waals surface area contributed by atoms with E-state index in [0.29, 0.717) is 11.5 Å². The summed E-state index contributed by atoms with van der Waals surface area (Å²) in [6, 6.07) is 7.66. The van der Waals surface area contributed by atoms with Gasteiger partial charge in [0, 0.05) is 11.8 Å². The van der Waals surface area contributed by atoms with Gasteiger partial charge in [-0.3, -0.25) is 9.79 Å². The van der Waals surface area contributed by atoms with E-state index < -0.39 is 11.7 Å². The molecule has 0 aliphatic carbocycles. The van der Waals surface area contributed by atoms with Crippen LogP contribution in [0.15, 0.2) is 45.2 Å². The Morgan fingerprint density at radius 3 is 3.00 bits per heavy atom. The van der Waals surface area contributed by atoms with Crippen molar-refractivity contribution in [3.05, 3.63) is 53.0 Å². The standard InChI is InChI=1S/C15H8FN3O2S/c16-8-3-4-11-9(6-8)13(20)10(7-17-11)15-18-14(19-21-15)12-2-1-5-22-12/h1-7,10H. The number of hydrogen-bond donors (Lipinski definition) is 0. The van der Waals surface area contributed by atoms with Gasteiger partial charge in [-0.25, -0.2) is 4.39 Å². The second-order valence-corrected chi connectivity index (χ2v) is 5.66. The van der Waals surface area contributed by atoms with Crippen LogP contribution in [0.25, 0.3) is 10.7 Å². The number of carbonyl (C=O) groups excluding carboxylic acids is 1. The van der Waals surface area contributed by atoms with Crippen LogP contribution < -0.4 is 0 Å². The molecule has 1 aromatic carbocycles. The van der Waals surface area contributed by atoms with E-state index in [9.17, 15) is 9.18 Å². The molecule has 0 saturated heterocycles. The first kappa shape index (κ1) is 13.0. The van der Waals surface area contributed by atoms with Gasteiger partial charge >= 0.3 is 0 Å². The number of rotatable bonds is 2. The van der Waals surface area contributed by atoms with Gasteiger partial charge in [0.1, 0.15) is 11.7 Å². The molecule has 22 heavy (non-hydrogen) atoms. The molecule has 1 aliphatic rings. The van der Waals surface area contributed by atoms with Gasteiger partial charge in [-0.2, -0.15) is 4.98 Å². The number of halogens is 1. The Balaban J connectivity index is 1.71. The van der Waals surface area contributed by atoms with Crippen molar-refractivity contribution >= 4 is 29.0 Å². The third kappa shape index (κ3) is 2.06. The molecule has 1 atom stereocenters. The van der Waals surface area contributed by atoms with Crippen molar-refractivity contribution in [2.75, 3.05) is 0 Å². The molecule has 0 saturated carbocycles. The van der Waals surface area contributed by atoms with E-state index in [1.807, 2.05) is 17.5 Å². The molecular formula is C15H8FN3O2S. The summed E-state index contributed by atoms with van der Waals surface area (Å²) in [5, 5.41) is 5.78. The summed E-state index contributed by atoms with van der Waals surface area (Å²) >= 11 is 1.47. The molecule has 0 bridgehead atoms. The average molecular weight is 313 g/mol. The Morgan fingerprint density at radius 2 is 2.18 bits per heavy atom. The van der Waals surface area contributed by atoms with Crippen molar-refractivity contribution in [3.8, 4) is 10.7 Å². The molecule has 2 aromatic heterocycles. The minimum Gasteiger partial charge on any atom is -0.338 e. The summed E-state index contributed by atoms with van der Waals surface area (Å²) in [7, 11) is 0. The highest BCUT2D eigenvalue weighted by atomic mass is 32.1. The lowest BCUT2D eigenvalue weighted by Crippen LogP contribution is -2.18. The van der Waals surface area contributed by atoms with Crippen LogP contribution in [0.5, 0.6) is 0 Å². The lowest BCUT2D eigenvalue weighted by atomic mass is 9.94. The molecule has 0 amide bonds. The van der Waals surface area contributed by atoms with Crippen LogP contribution in [-0.4, -0.2) is 22.1 Å². The van der Waals surface area contributed by atoms with Crippen molar-refractivity contribution in [1.82, 2.24) is 10.1 Å². The first-order chi connectivity index (χ1) is 10.7. The summed E-state index contributed by atoms with van der Waals surface area (Å²) in [4.78, 5) is 21.8. The summed E-state index contributed by atoms with van der Waals surface area (Å²) < 4.78 is 18.5. The van der Waals surface area contributed by atoms with Crippen molar-refractivity contribution in [2.24, 2.45) is 4.99 Å². The third-order valence-corrected chi connectivity index (χ3v) is 4.18. The smallest absolute Gasteiger partial charge is 0.243 e. The number of thiophene rings is 1. The molecular weight excluding hydrogens is 305 g/mol. The maximum atomic E-state index is 13.3. The van der Waals surface area contributed by atoms with Crippen LogP contribution in [0.1, 0.15) is 22.2 Å². The zero-order valence-corrected chi connectivity index (χ0v) is 11.9. The molecule has 1 unspecified atom stereocenters. The van der Waals surface area contributed by atoms with Gasteiger partial charge in [0.25, 0.3) is 0 Å². The predicted octanol–water partition coefficient (Wildman–Crippen LogP) is 3.62. The highest BCUT2D eigenvalue weighted by Gasteiger charge is 2.31. The zero-order valence-electron chi connectivity index (χ0n) is 11.1. The number of carbonyl (C=O) groups is 1. The molecule has 3 heterocycles. The molecule has 0 radical (unpaired) electrons. The van der Waals surface area contributed by atoms with E-state index in [4.69, 9.17) is 4.52 Å². The van der Waals surface area contributed by atoms with Crippen molar-refractivity contribution in [2.45, 2.75) is 5.92 Å². The van der Waals surface area contributed by atoms with Gasteiger partial charge in [0.15, 0.2) is 5.78 Å². The lowest BCUT2D eigenvalue weighted by molar-refractivity contribution is 0.0971. The van der Waals surface area contributed by atoms with E-state index in [1.165, 1.54) is 35.8 Å². The van der Waals surface area contributed by atoms with Crippen molar-refractivity contribution < 1.29 is 13.7 Å². The van der Waals surface area contributed by atoms with Gasteiger partial charge < -0.3 is 4.52 Å². The molecule has 0 spiro atoms. The first-order valence-electron chi connectivity index (χ1n) is 6.48. The highest BCUT2D eigenvalue weighted by molar-refractivity contribution is 7.13. The Labute approximate surface area is 128 Å². The van der Waals surface area contributed by atoms with E-state index in [2.05, 4.69) is 15.1 Å². The van der Waals surface area contributed by atoms with Gasteiger partial charge in [0.05, 0.1) is 10.6 Å². The number of aliphatic imine (C=N–C) groups is 1.